The van der Waals surface area contributed by atoms with Crippen molar-refractivity contribution in [2.45, 2.75) is 6.92 Å². The van der Waals surface area contributed by atoms with E-state index in [1.807, 2.05) is 43.3 Å². The molecular formula is C13H14N2O2. The Morgan fingerprint density at radius 2 is 2.06 bits per heavy atom. The highest BCUT2D eigenvalue weighted by Crippen LogP contribution is 2.17. The molecule has 88 valence electrons. The second-order valence-electron chi connectivity index (χ2n) is 3.77. The van der Waals surface area contributed by atoms with Crippen LogP contribution in [0.15, 0.2) is 36.4 Å². The van der Waals surface area contributed by atoms with Gasteiger partial charge in [-0.05, 0) is 25.1 Å². The van der Waals surface area contributed by atoms with Crippen LogP contribution in [0.2, 0.25) is 0 Å². The summed E-state index contributed by atoms with van der Waals surface area (Å²) in [6, 6.07) is 11.6. The fourth-order valence-corrected chi connectivity index (χ4v) is 1.75. The summed E-state index contributed by atoms with van der Waals surface area (Å²) in [5.41, 5.74) is 0.883. The lowest BCUT2D eigenvalue weighted by Crippen LogP contribution is -2.29. The molecule has 0 saturated heterocycles. The van der Waals surface area contributed by atoms with Crippen molar-refractivity contribution in [2.24, 2.45) is 0 Å². The molecule has 4 heteroatoms. The summed E-state index contributed by atoms with van der Waals surface area (Å²) in [4.78, 5) is 16.9. The Labute approximate surface area is 99.5 Å². The van der Waals surface area contributed by atoms with Gasteiger partial charge in [0.2, 0.25) is 0 Å². The van der Waals surface area contributed by atoms with Crippen molar-refractivity contribution in [3.8, 4) is 0 Å². The summed E-state index contributed by atoms with van der Waals surface area (Å²) in [6.45, 7) is 2.51. The van der Waals surface area contributed by atoms with E-state index in [2.05, 4.69) is 4.98 Å². The van der Waals surface area contributed by atoms with Gasteiger partial charge < -0.3 is 10.0 Å². The first kappa shape index (κ1) is 11.4. The molecule has 0 saturated carbocycles. The monoisotopic (exact) mass is 230 g/mol. The van der Waals surface area contributed by atoms with Crippen LogP contribution in [0.4, 0.5) is 5.82 Å². The number of aromatic nitrogens is 1. The number of aliphatic carboxylic acids is 1. The summed E-state index contributed by atoms with van der Waals surface area (Å²) < 4.78 is 0. The molecule has 0 radical (unpaired) electrons. The molecule has 0 unspecified atom stereocenters. The minimum atomic E-state index is -0.846. The average Bonchev–Trinajstić information content (AvgIpc) is 2.35. The molecule has 0 atom stereocenters. The van der Waals surface area contributed by atoms with Gasteiger partial charge in [-0.1, -0.05) is 18.2 Å². The Balaban J connectivity index is 2.37. The summed E-state index contributed by atoms with van der Waals surface area (Å²) in [7, 11) is 0. The number of likely N-dealkylation sites (N-methyl/N-ethyl adjacent to an activating group) is 1. The minimum absolute atomic E-state index is 0.0260. The Kier molecular flexibility index (Phi) is 3.23. The number of benzene rings is 1. The summed E-state index contributed by atoms with van der Waals surface area (Å²) >= 11 is 0. The van der Waals surface area contributed by atoms with Crippen molar-refractivity contribution in [3.05, 3.63) is 36.4 Å². The van der Waals surface area contributed by atoms with Crippen molar-refractivity contribution in [2.75, 3.05) is 18.0 Å². The first-order chi connectivity index (χ1) is 8.20. The molecule has 2 aromatic rings. The number of carboxylic acid groups (broad SMARTS) is 1. The highest BCUT2D eigenvalue weighted by molar-refractivity contribution is 5.81. The van der Waals surface area contributed by atoms with Gasteiger partial charge in [0.1, 0.15) is 12.4 Å². The highest BCUT2D eigenvalue weighted by atomic mass is 16.4. The number of hydrogen-bond donors (Lipinski definition) is 1. The zero-order chi connectivity index (χ0) is 12.3. The van der Waals surface area contributed by atoms with Gasteiger partial charge in [-0.2, -0.15) is 0 Å². The van der Waals surface area contributed by atoms with E-state index in [9.17, 15) is 4.79 Å². The lowest BCUT2D eigenvalue weighted by atomic mass is 10.2. The second-order valence-corrected chi connectivity index (χ2v) is 3.77. The van der Waals surface area contributed by atoms with Crippen LogP contribution in [0.25, 0.3) is 10.9 Å². The maximum atomic E-state index is 10.7. The van der Waals surface area contributed by atoms with E-state index in [1.54, 1.807) is 4.90 Å². The van der Waals surface area contributed by atoms with E-state index in [-0.39, 0.29) is 6.54 Å². The molecule has 0 bridgehead atoms. The topological polar surface area (TPSA) is 53.4 Å². The van der Waals surface area contributed by atoms with Crippen molar-refractivity contribution in [1.82, 2.24) is 4.98 Å². The smallest absolute Gasteiger partial charge is 0.323 e. The fraction of sp³-hybridized carbons (Fsp3) is 0.231. The number of anilines is 1. The molecule has 17 heavy (non-hydrogen) atoms. The van der Waals surface area contributed by atoms with Gasteiger partial charge in [0.15, 0.2) is 0 Å². The number of hydrogen-bond acceptors (Lipinski definition) is 3. The second kappa shape index (κ2) is 4.82. The number of nitrogens with zero attached hydrogens (tertiary/aromatic N) is 2. The molecule has 1 aromatic heterocycles. The van der Waals surface area contributed by atoms with E-state index < -0.39 is 5.97 Å². The summed E-state index contributed by atoms with van der Waals surface area (Å²) in [5.74, 6) is -0.143. The number of carboxylic acids is 1. The van der Waals surface area contributed by atoms with Crippen LogP contribution in [-0.4, -0.2) is 29.1 Å². The lowest BCUT2D eigenvalue weighted by Gasteiger charge is -2.19. The molecule has 0 aliphatic heterocycles. The van der Waals surface area contributed by atoms with Gasteiger partial charge >= 0.3 is 5.97 Å². The van der Waals surface area contributed by atoms with Crippen molar-refractivity contribution < 1.29 is 9.90 Å². The van der Waals surface area contributed by atoms with Crippen LogP contribution < -0.4 is 4.90 Å². The zero-order valence-corrected chi connectivity index (χ0v) is 9.63. The van der Waals surface area contributed by atoms with E-state index in [1.165, 1.54) is 0 Å². The standard InChI is InChI=1S/C13H14N2O2/c1-2-15(9-13(16)17)12-8-7-10-5-3-4-6-11(10)14-12/h3-8H,2,9H2,1H3,(H,16,17). The molecule has 1 heterocycles. The van der Waals surface area contributed by atoms with Gasteiger partial charge in [0.05, 0.1) is 5.52 Å². The minimum Gasteiger partial charge on any atom is -0.480 e. The third kappa shape index (κ3) is 2.53. The Hall–Kier alpha value is -2.10. The van der Waals surface area contributed by atoms with Gasteiger partial charge in [-0.15, -0.1) is 0 Å². The van der Waals surface area contributed by atoms with Crippen molar-refractivity contribution in [3.63, 3.8) is 0 Å². The quantitative estimate of drug-likeness (QED) is 0.874. The molecule has 0 spiro atoms. The highest BCUT2D eigenvalue weighted by Gasteiger charge is 2.10. The Bertz CT molecular complexity index is 540. The predicted molar refractivity (Wildman–Crippen MR) is 67.3 cm³/mol. The van der Waals surface area contributed by atoms with Gasteiger partial charge in [-0.3, -0.25) is 4.79 Å². The third-order valence-corrected chi connectivity index (χ3v) is 2.62. The van der Waals surface area contributed by atoms with Crippen LogP contribution in [-0.2, 0) is 4.79 Å². The van der Waals surface area contributed by atoms with Crippen molar-refractivity contribution in [1.29, 1.82) is 0 Å². The van der Waals surface area contributed by atoms with Crippen LogP contribution in [0, 0.1) is 0 Å². The first-order valence-corrected chi connectivity index (χ1v) is 5.53. The maximum absolute atomic E-state index is 10.7. The molecule has 2 rings (SSSR count). The maximum Gasteiger partial charge on any atom is 0.323 e. The summed E-state index contributed by atoms with van der Waals surface area (Å²) in [5, 5.41) is 9.88. The zero-order valence-electron chi connectivity index (χ0n) is 9.63. The van der Waals surface area contributed by atoms with Crippen molar-refractivity contribution >= 4 is 22.7 Å². The SMILES string of the molecule is CCN(CC(=O)O)c1ccc2ccccc2n1. The van der Waals surface area contributed by atoms with Gasteiger partial charge in [0.25, 0.3) is 0 Å². The number of fused-ring (bicyclic) bond motifs is 1. The van der Waals surface area contributed by atoms with E-state index >= 15 is 0 Å². The van der Waals surface area contributed by atoms with Crippen LogP contribution in [0.3, 0.4) is 0 Å². The Morgan fingerprint density at radius 1 is 1.29 bits per heavy atom. The molecule has 0 amide bonds. The molecule has 4 nitrogen and oxygen atoms in total. The molecule has 1 N–H and O–H groups in total. The molecular weight excluding hydrogens is 216 g/mol. The van der Waals surface area contributed by atoms with E-state index in [0.717, 1.165) is 10.9 Å². The van der Waals surface area contributed by atoms with Crippen LogP contribution >= 0.6 is 0 Å². The van der Waals surface area contributed by atoms with E-state index in [4.69, 9.17) is 5.11 Å². The van der Waals surface area contributed by atoms with Crippen LogP contribution in [0.1, 0.15) is 6.92 Å². The molecule has 0 aliphatic carbocycles. The molecule has 0 aliphatic rings. The largest absolute Gasteiger partial charge is 0.480 e. The summed E-state index contributed by atoms with van der Waals surface area (Å²) in [6.07, 6.45) is 0. The Morgan fingerprint density at radius 3 is 2.76 bits per heavy atom. The molecule has 0 fully saturated rings. The fourth-order valence-electron chi connectivity index (χ4n) is 1.75. The first-order valence-electron chi connectivity index (χ1n) is 5.53. The lowest BCUT2D eigenvalue weighted by molar-refractivity contribution is -0.135. The van der Waals surface area contributed by atoms with Gasteiger partial charge in [-0.25, -0.2) is 4.98 Å². The molecule has 1 aromatic carbocycles. The number of para-hydroxylation sites is 1. The number of carbonyl (C=O) groups is 1. The predicted octanol–water partition coefficient (Wildman–Crippen LogP) is 2.15. The normalized spacial score (nSPS) is 10.4. The third-order valence-electron chi connectivity index (χ3n) is 2.62. The van der Waals surface area contributed by atoms with Gasteiger partial charge in [0, 0.05) is 11.9 Å². The number of pyridine rings is 1. The number of rotatable bonds is 4. The van der Waals surface area contributed by atoms with Crippen LogP contribution in [0.5, 0.6) is 0 Å². The average molecular weight is 230 g/mol. The van der Waals surface area contributed by atoms with E-state index in [0.29, 0.717) is 12.4 Å².